The maximum absolute atomic E-state index is 4.19. The van der Waals surface area contributed by atoms with Crippen LogP contribution in [-0.4, -0.2) is 14.9 Å². The topological polar surface area (TPSA) is 17.8 Å². The molecule has 0 spiro atoms. The largest absolute Gasteiger partial charge is 0.331 e. The molecule has 0 aliphatic carbocycles. The summed E-state index contributed by atoms with van der Waals surface area (Å²) in [4.78, 5) is 4.19. The Morgan fingerprint density at radius 3 is 2.87 bits per heavy atom. The molecular weight excluding hydrogens is 252 g/mol. The molecule has 0 fully saturated rings. The number of allylic oxidation sites excluding steroid dienone is 1. The normalized spacial score (nSPS) is 12.5. The highest BCUT2D eigenvalue weighted by atomic mass is 79.9. The Morgan fingerprint density at radius 2 is 2.33 bits per heavy atom. The van der Waals surface area contributed by atoms with Crippen LogP contribution < -0.4 is 0 Å². The second-order valence-corrected chi connectivity index (χ2v) is 4.58. The molecule has 0 saturated heterocycles. The molecule has 15 heavy (non-hydrogen) atoms. The van der Waals surface area contributed by atoms with Crippen molar-refractivity contribution in [1.29, 1.82) is 0 Å². The molecule has 0 N–H and O–H groups in total. The molecule has 2 nitrogen and oxygen atoms in total. The van der Waals surface area contributed by atoms with E-state index in [1.807, 2.05) is 12.5 Å². The molecule has 0 amide bonds. The average Bonchev–Trinajstić information content (AvgIpc) is 2.62. The third-order valence-corrected chi connectivity index (χ3v) is 3.09. The second-order valence-electron chi connectivity index (χ2n) is 4.02. The first-order valence-electron chi connectivity index (χ1n) is 5.45. The summed E-state index contributed by atoms with van der Waals surface area (Å²) >= 11 is 3.53. The van der Waals surface area contributed by atoms with Crippen LogP contribution in [-0.2, 0) is 6.54 Å². The number of imidazole rings is 1. The molecule has 1 heterocycles. The van der Waals surface area contributed by atoms with Gasteiger partial charge in [-0.05, 0) is 18.4 Å². The molecule has 84 valence electrons. The Labute approximate surface area is 101 Å². The first-order chi connectivity index (χ1) is 7.19. The summed E-state index contributed by atoms with van der Waals surface area (Å²) in [6.07, 6.45) is 7.22. The van der Waals surface area contributed by atoms with Crippen LogP contribution in [0, 0.1) is 5.92 Å². The minimum atomic E-state index is 0.578. The van der Waals surface area contributed by atoms with Crippen molar-refractivity contribution in [2.24, 2.45) is 5.92 Å². The Bertz CT molecular complexity index is 326. The molecule has 0 bridgehead atoms. The van der Waals surface area contributed by atoms with Crippen molar-refractivity contribution in [2.45, 2.75) is 33.7 Å². The number of aryl methyl sites for hydroxylation is 1. The highest BCUT2D eigenvalue weighted by Crippen LogP contribution is 2.16. The first-order valence-corrected chi connectivity index (χ1v) is 6.57. The number of nitrogens with zero attached hydrogens (tertiary/aromatic N) is 2. The number of aromatic nitrogens is 2. The summed E-state index contributed by atoms with van der Waals surface area (Å²) in [6.45, 7) is 7.65. The minimum absolute atomic E-state index is 0.578. The lowest BCUT2D eigenvalue weighted by molar-refractivity contribution is 0.672. The van der Waals surface area contributed by atoms with Gasteiger partial charge in [0.2, 0.25) is 0 Å². The van der Waals surface area contributed by atoms with Gasteiger partial charge in [0.05, 0.1) is 18.2 Å². The third-order valence-electron chi connectivity index (χ3n) is 2.44. The molecule has 0 atom stereocenters. The van der Waals surface area contributed by atoms with E-state index in [-0.39, 0.29) is 0 Å². The Kier molecular flexibility index (Phi) is 5.09. The summed E-state index contributed by atoms with van der Waals surface area (Å²) in [6, 6.07) is 0. The second kappa shape index (κ2) is 6.11. The highest BCUT2D eigenvalue weighted by molar-refractivity contribution is 9.09. The van der Waals surface area contributed by atoms with E-state index in [9.17, 15) is 0 Å². The quantitative estimate of drug-likeness (QED) is 0.746. The monoisotopic (exact) mass is 270 g/mol. The zero-order valence-electron chi connectivity index (χ0n) is 9.70. The SMILES string of the molecule is CCCn1cncc1C=C(CBr)C(C)C. The van der Waals surface area contributed by atoms with Crippen LogP contribution in [0.4, 0.5) is 0 Å². The predicted molar refractivity (Wildman–Crippen MR) is 69.1 cm³/mol. The van der Waals surface area contributed by atoms with Crippen LogP contribution in [0.3, 0.4) is 0 Å². The van der Waals surface area contributed by atoms with Gasteiger partial charge in [-0.1, -0.05) is 42.3 Å². The van der Waals surface area contributed by atoms with Gasteiger partial charge in [0.15, 0.2) is 0 Å². The van der Waals surface area contributed by atoms with Crippen molar-refractivity contribution >= 4 is 22.0 Å². The summed E-state index contributed by atoms with van der Waals surface area (Å²) in [5, 5.41) is 0.933. The van der Waals surface area contributed by atoms with E-state index in [1.165, 1.54) is 11.3 Å². The van der Waals surface area contributed by atoms with Crippen molar-refractivity contribution < 1.29 is 0 Å². The van der Waals surface area contributed by atoms with Gasteiger partial charge in [-0.15, -0.1) is 0 Å². The summed E-state index contributed by atoms with van der Waals surface area (Å²) in [5.74, 6) is 0.578. The van der Waals surface area contributed by atoms with Crippen molar-refractivity contribution in [3.63, 3.8) is 0 Å². The van der Waals surface area contributed by atoms with E-state index >= 15 is 0 Å². The lowest BCUT2D eigenvalue weighted by Gasteiger charge is -2.09. The Balaban J connectivity index is 2.90. The molecule has 0 aliphatic rings. The van der Waals surface area contributed by atoms with E-state index in [2.05, 4.69) is 52.3 Å². The smallest absolute Gasteiger partial charge is 0.0950 e. The van der Waals surface area contributed by atoms with Gasteiger partial charge >= 0.3 is 0 Å². The summed E-state index contributed by atoms with van der Waals surface area (Å²) in [7, 11) is 0. The standard InChI is InChI=1S/C12H19BrN2/c1-4-5-15-9-14-8-12(15)6-11(7-13)10(2)3/h6,8-10H,4-5,7H2,1-3H3. The average molecular weight is 271 g/mol. The number of alkyl halides is 1. The fourth-order valence-electron chi connectivity index (χ4n) is 1.43. The molecule has 3 heteroatoms. The van der Waals surface area contributed by atoms with Gasteiger partial charge in [-0.2, -0.15) is 0 Å². The van der Waals surface area contributed by atoms with Crippen LogP contribution in [0.15, 0.2) is 18.1 Å². The van der Waals surface area contributed by atoms with Crippen LogP contribution in [0.25, 0.3) is 6.08 Å². The lowest BCUT2D eigenvalue weighted by Crippen LogP contribution is -2.00. The molecule has 1 rings (SSSR count). The third kappa shape index (κ3) is 3.49. The van der Waals surface area contributed by atoms with E-state index in [4.69, 9.17) is 0 Å². The van der Waals surface area contributed by atoms with Gasteiger partial charge < -0.3 is 4.57 Å². The van der Waals surface area contributed by atoms with E-state index in [1.54, 1.807) is 0 Å². The maximum atomic E-state index is 4.19. The molecule has 0 aliphatic heterocycles. The molecule has 0 aromatic carbocycles. The van der Waals surface area contributed by atoms with Gasteiger partial charge in [-0.25, -0.2) is 4.98 Å². The molecule has 0 radical (unpaired) electrons. The maximum Gasteiger partial charge on any atom is 0.0950 e. The number of hydrogen-bond acceptors (Lipinski definition) is 1. The Morgan fingerprint density at radius 1 is 1.60 bits per heavy atom. The van der Waals surface area contributed by atoms with E-state index in [0.717, 1.165) is 18.3 Å². The lowest BCUT2D eigenvalue weighted by atomic mass is 10.0. The zero-order chi connectivity index (χ0) is 11.3. The number of hydrogen-bond donors (Lipinski definition) is 0. The molecular formula is C12H19BrN2. The van der Waals surface area contributed by atoms with Crippen molar-refractivity contribution in [3.8, 4) is 0 Å². The zero-order valence-corrected chi connectivity index (χ0v) is 11.3. The molecule has 0 saturated carbocycles. The van der Waals surface area contributed by atoms with Gasteiger partial charge in [0, 0.05) is 11.9 Å². The van der Waals surface area contributed by atoms with Crippen LogP contribution in [0.1, 0.15) is 32.9 Å². The van der Waals surface area contributed by atoms with Crippen molar-refractivity contribution in [3.05, 3.63) is 23.8 Å². The summed E-state index contributed by atoms with van der Waals surface area (Å²) in [5.41, 5.74) is 2.62. The van der Waals surface area contributed by atoms with Gasteiger partial charge in [0.1, 0.15) is 0 Å². The number of rotatable bonds is 5. The molecule has 0 unspecified atom stereocenters. The fourth-order valence-corrected chi connectivity index (χ4v) is 2.24. The van der Waals surface area contributed by atoms with Crippen molar-refractivity contribution in [2.75, 3.05) is 5.33 Å². The van der Waals surface area contributed by atoms with Crippen molar-refractivity contribution in [1.82, 2.24) is 9.55 Å². The minimum Gasteiger partial charge on any atom is -0.331 e. The first kappa shape index (κ1) is 12.5. The van der Waals surface area contributed by atoms with Crippen LogP contribution in [0.5, 0.6) is 0 Å². The van der Waals surface area contributed by atoms with Gasteiger partial charge in [0.25, 0.3) is 0 Å². The Hall–Kier alpha value is -0.570. The fraction of sp³-hybridized carbons (Fsp3) is 0.583. The molecule has 1 aromatic heterocycles. The van der Waals surface area contributed by atoms with Crippen LogP contribution in [0.2, 0.25) is 0 Å². The highest BCUT2D eigenvalue weighted by Gasteiger charge is 2.04. The van der Waals surface area contributed by atoms with Crippen LogP contribution >= 0.6 is 15.9 Å². The van der Waals surface area contributed by atoms with E-state index < -0.39 is 0 Å². The molecule has 1 aromatic rings. The summed E-state index contributed by atoms with van der Waals surface area (Å²) < 4.78 is 2.20. The van der Waals surface area contributed by atoms with Gasteiger partial charge in [-0.3, -0.25) is 0 Å². The van der Waals surface area contributed by atoms with E-state index in [0.29, 0.717) is 5.92 Å². The number of halogens is 1. The predicted octanol–water partition coefficient (Wildman–Crippen LogP) is 3.73.